The van der Waals surface area contributed by atoms with Gasteiger partial charge in [-0.25, -0.2) is 8.42 Å². The maximum Gasteiger partial charge on any atom is 0.255 e. The summed E-state index contributed by atoms with van der Waals surface area (Å²) in [5.74, 6) is -0.0698. The zero-order valence-electron chi connectivity index (χ0n) is 17.9. The van der Waals surface area contributed by atoms with Crippen LogP contribution < -0.4 is 0 Å². The van der Waals surface area contributed by atoms with E-state index in [0.717, 1.165) is 54.8 Å². The van der Waals surface area contributed by atoms with Gasteiger partial charge < -0.3 is 4.90 Å². The highest BCUT2D eigenvalue weighted by Crippen LogP contribution is 2.27. The molecule has 1 heterocycles. The molecular formula is C23H30N2O3S2. The molecule has 1 aliphatic heterocycles. The van der Waals surface area contributed by atoms with Crippen molar-refractivity contribution in [3.63, 3.8) is 0 Å². The van der Waals surface area contributed by atoms with E-state index in [2.05, 4.69) is 0 Å². The zero-order valence-corrected chi connectivity index (χ0v) is 19.6. The number of rotatable bonds is 6. The predicted octanol–water partition coefficient (Wildman–Crippen LogP) is 4.55. The second-order valence-corrected chi connectivity index (χ2v) is 10.7. The molecule has 0 radical (unpaired) electrons. The molecule has 7 heteroatoms. The van der Waals surface area contributed by atoms with E-state index in [4.69, 9.17) is 0 Å². The molecule has 162 valence electrons. The summed E-state index contributed by atoms with van der Waals surface area (Å²) in [5.41, 5.74) is 2.50. The number of carbonyl (C=O) groups excluding carboxylic acids is 1. The minimum Gasteiger partial charge on any atom is -0.339 e. The lowest BCUT2D eigenvalue weighted by Crippen LogP contribution is -2.32. The largest absolute Gasteiger partial charge is 0.339 e. The van der Waals surface area contributed by atoms with Crippen molar-refractivity contribution >= 4 is 27.7 Å². The normalized spacial score (nSPS) is 15.3. The summed E-state index contributed by atoms with van der Waals surface area (Å²) < 4.78 is 27.8. The van der Waals surface area contributed by atoms with E-state index < -0.39 is 10.0 Å². The molecular weight excluding hydrogens is 416 g/mol. The number of benzene rings is 2. The van der Waals surface area contributed by atoms with Crippen molar-refractivity contribution in [2.75, 3.05) is 26.4 Å². The van der Waals surface area contributed by atoms with E-state index in [1.54, 1.807) is 25.2 Å². The summed E-state index contributed by atoms with van der Waals surface area (Å²) in [5, 5.41) is 0. The van der Waals surface area contributed by atoms with Gasteiger partial charge in [-0.3, -0.25) is 4.79 Å². The first-order valence-electron chi connectivity index (χ1n) is 10.3. The quantitative estimate of drug-likeness (QED) is 0.611. The third-order valence-corrected chi connectivity index (χ3v) is 8.09. The average Bonchev–Trinajstić information content (AvgIpc) is 3.02. The third-order valence-electron chi connectivity index (χ3n) is 5.49. The Bertz CT molecular complexity index is 997. The van der Waals surface area contributed by atoms with Crippen LogP contribution in [0.15, 0.2) is 52.3 Å². The number of amides is 1. The van der Waals surface area contributed by atoms with Crippen molar-refractivity contribution in [2.45, 2.75) is 48.9 Å². The Labute approximate surface area is 184 Å². The molecule has 0 saturated carbocycles. The van der Waals surface area contributed by atoms with Gasteiger partial charge in [-0.05, 0) is 49.8 Å². The van der Waals surface area contributed by atoms with Crippen LogP contribution in [0.4, 0.5) is 0 Å². The van der Waals surface area contributed by atoms with Gasteiger partial charge in [-0.15, -0.1) is 11.8 Å². The molecule has 0 aliphatic carbocycles. The van der Waals surface area contributed by atoms with Crippen LogP contribution in [0, 0.1) is 6.92 Å². The van der Waals surface area contributed by atoms with Gasteiger partial charge >= 0.3 is 0 Å². The maximum absolute atomic E-state index is 13.2. The van der Waals surface area contributed by atoms with Gasteiger partial charge in [0.25, 0.3) is 5.91 Å². The van der Waals surface area contributed by atoms with Gasteiger partial charge in [0.2, 0.25) is 10.0 Å². The van der Waals surface area contributed by atoms with Crippen LogP contribution in [-0.2, 0) is 16.6 Å². The predicted molar refractivity (Wildman–Crippen MR) is 122 cm³/mol. The Balaban J connectivity index is 1.89. The van der Waals surface area contributed by atoms with E-state index in [9.17, 15) is 13.2 Å². The monoisotopic (exact) mass is 446 g/mol. The summed E-state index contributed by atoms with van der Waals surface area (Å²) >= 11 is 1.47. The molecule has 1 fully saturated rings. The number of carbonyl (C=O) groups is 1. The Morgan fingerprint density at radius 1 is 1.07 bits per heavy atom. The van der Waals surface area contributed by atoms with Gasteiger partial charge in [0, 0.05) is 31.6 Å². The van der Waals surface area contributed by atoms with Crippen LogP contribution in [-0.4, -0.2) is 49.9 Å². The average molecular weight is 447 g/mol. The first-order valence-corrected chi connectivity index (χ1v) is 13.0. The summed E-state index contributed by atoms with van der Waals surface area (Å²) in [6.45, 7) is 3.73. The molecule has 0 atom stereocenters. The molecule has 0 aromatic heterocycles. The highest BCUT2D eigenvalue weighted by molar-refractivity contribution is 7.98. The summed E-state index contributed by atoms with van der Waals surface area (Å²) in [7, 11) is -2.14. The van der Waals surface area contributed by atoms with E-state index in [1.807, 2.05) is 42.3 Å². The lowest BCUT2D eigenvalue weighted by molar-refractivity contribution is 0.0758. The smallest absolute Gasteiger partial charge is 0.255 e. The van der Waals surface area contributed by atoms with E-state index in [0.29, 0.717) is 5.56 Å². The lowest BCUT2D eigenvalue weighted by atomic mass is 10.1. The number of aryl methyl sites for hydroxylation is 1. The number of nitrogens with zero attached hydrogens (tertiary/aromatic N) is 2. The highest BCUT2D eigenvalue weighted by atomic mass is 32.2. The molecule has 1 amide bonds. The fraction of sp³-hybridized carbons (Fsp3) is 0.435. The number of hydrogen-bond donors (Lipinski definition) is 0. The fourth-order valence-corrected chi connectivity index (χ4v) is 5.55. The van der Waals surface area contributed by atoms with Crippen molar-refractivity contribution in [3.05, 3.63) is 59.2 Å². The van der Waals surface area contributed by atoms with Crippen LogP contribution >= 0.6 is 11.8 Å². The minimum atomic E-state index is -3.72. The first kappa shape index (κ1) is 22.8. The van der Waals surface area contributed by atoms with Crippen LogP contribution in [0.1, 0.15) is 47.2 Å². The molecule has 2 aromatic carbocycles. The molecule has 1 saturated heterocycles. The maximum atomic E-state index is 13.2. The number of thioether (sulfide) groups is 1. The van der Waals surface area contributed by atoms with Gasteiger partial charge in [0.15, 0.2) is 0 Å². The van der Waals surface area contributed by atoms with Crippen LogP contribution in [0.3, 0.4) is 0 Å². The molecule has 2 aromatic rings. The fourth-order valence-electron chi connectivity index (χ4n) is 3.79. The van der Waals surface area contributed by atoms with Crippen LogP contribution in [0.25, 0.3) is 0 Å². The molecule has 0 bridgehead atoms. The van der Waals surface area contributed by atoms with E-state index in [1.165, 1.54) is 16.1 Å². The van der Waals surface area contributed by atoms with Crippen LogP contribution in [0.2, 0.25) is 0 Å². The van der Waals surface area contributed by atoms with Gasteiger partial charge in [-0.1, -0.05) is 42.7 Å². The second-order valence-electron chi connectivity index (χ2n) is 7.82. The molecule has 0 unspecified atom stereocenters. The number of likely N-dealkylation sites (tertiary alicyclic amines) is 1. The van der Waals surface area contributed by atoms with Crippen molar-refractivity contribution in [1.29, 1.82) is 0 Å². The Morgan fingerprint density at radius 3 is 2.40 bits per heavy atom. The second kappa shape index (κ2) is 9.98. The number of sulfonamides is 1. The van der Waals surface area contributed by atoms with E-state index >= 15 is 0 Å². The van der Waals surface area contributed by atoms with Crippen molar-refractivity contribution < 1.29 is 13.2 Å². The molecule has 0 spiro atoms. The minimum absolute atomic E-state index is 0.0698. The SMILES string of the molecule is CSc1ccc(S(=O)(=O)N(C)Cc2cccc(C)c2)cc1C(=O)N1CCCCCC1. The molecule has 1 aliphatic rings. The molecule has 3 rings (SSSR count). The zero-order chi connectivity index (χ0) is 21.7. The summed E-state index contributed by atoms with van der Waals surface area (Å²) in [4.78, 5) is 16.1. The van der Waals surface area contributed by atoms with E-state index in [-0.39, 0.29) is 17.3 Å². The molecule has 30 heavy (non-hydrogen) atoms. The Kier molecular flexibility index (Phi) is 7.60. The topological polar surface area (TPSA) is 57.7 Å². The van der Waals surface area contributed by atoms with Crippen LogP contribution in [0.5, 0.6) is 0 Å². The van der Waals surface area contributed by atoms with Gasteiger partial charge in [-0.2, -0.15) is 4.31 Å². The molecule has 0 N–H and O–H groups in total. The summed E-state index contributed by atoms with van der Waals surface area (Å²) in [6.07, 6.45) is 6.18. The number of hydrogen-bond acceptors (Lipinski definition) is 4. The Hall–Kier alpha value is -1.83. The lowest BCUT2D eigenvalue weighted by Gasteiger charge is -2.23. The summed E-state index contributed by atoms with van der Waals surface area (Å²) in [6, 6.07) is 12.7. The standard InChI is InChI=1S/C23H30N2O3S2/c1-18-9-8-10-19(15-18)17-24(2)30(27,28)20-11-12-22(29-3)21(16-20)23(26)25-13-6-4-5-7-14-25/h8-12,15-16H,4-7,13-14,17H2,1-3H3. The van der Waals surface area contributed by atoms with Crippen molar-refractivity contribution in [2.24, 2.45) is 0 Å². The first-order chi connectivity index (χ1) is 14.3. The van der Waals surface area contributed by atoms with Crippen molar-refractivity contribution in [1.82, 2.24) is 9.21 Å². The highest BCUT2D eigenvalue weighted by Gasteiger charge is 2.26. The van der Waals surface area contributed by atoms with Crippen molar-refractivity contribution in [3.8, 4) is 0 Å². The van der Waals surface area contributed by atoms with Gasteiger partial charge in [0.05, 0.1) is 10.5 Å². The Morgan fingerprint density at radius 2 is 1.77 bits per heavy atom. The third kappa shape index (κ3) is 5.25. The molecule has 5 nitrogen and oxygen atoms in total. The van der Waals surface area contributed by atoms with Gasteiger partial charge in [0.1, 0.15) is 0 Å².